The van der Waals surface area contributed by atoms with E-state index in [1.807, 2.05) is 6.92 Å². The molecule has 0 spiro atoms. The van der Waals surface area contributed by atoms with Crippen LogP contribution in [0.15, 0.2) is 4.99 Å². The Bertz CT molecular complexity index is 210. The molecule has 0 aromatic carbocycles. The normalized spacial score (nSPS) is 20.8. The van der Waals surface area contributed by atoms with Gasteiger partial charge in [0, 0.05) is 5.41 Å². The second-order valence-electron chi connectivity index (χ2n) is 3.28. The lowest BCUT2D eigenvalue weighted by Gasteiger charge is -2.16. The number of hydrogen-bond acceptors (Lipinski definition) is 2. The molecule has 0 radical (unpaired) electrons. The first-order valence-corrected chi connectivity index (χ1v) is 3.81. The molecule has 0 bridgehead atoms. The molecule has 0 saturated heterocycles. The fraction of sp³-hybridized carbons (Fsp3) is 0.750. The maximum Gasteiger partial charge on any atom is 0.262 e. The van der Waals surface area contributed by atoms with Gasteiger partial charge in [-0.3, -0.25) is 4.79 Å². The average Bonchev–Trinajstić information content (AvgIpc) is 2.38. The van der Waals surface area contributed by atoms with Crippen LogP contribution in [0.1, 0.15) is 32.6 Å². The minimum absolute atomic E-state index is 0.301. The first-order chi connectivity index (χ1) is 5.19. The number of isocyanates is 1. The number of hydrogen-bond donors (Lipinski definition) is 0. The van der Waals surface area contributed by atoms with Gasteiger partial charge in [-0.2, -0.15) is 0 Å². The van der Waals surface area contributed by atoms with Crippen LogP contribution in [-0.4, -0.2) is 12.0 Å². The minimum Gasteiger partial charge on any atom is -0.271 e. The van der Waals surface area contributed by atoms with Crippen molar-refractivity contribution >= 4 is 12.0 Å². The summed E-state index contributed by atoms with van der Waals surface area (Å²) >= 11 is 0. The Kier molecular flexibility index (Phi) is 2.20. The molecule has 1 aliphatic rings. The summed E-state index contributed by atoms with van der Waals surface area (Å²) in [4.78, 5) is 24.1. The molecule has 0 aromatic rings. The van der Waals surface area contributed by atoms with Crippen molar-refractivity contribution in [3.05, 3.63) is 0 Å². The fourth-order valence-electron chi connectivity index (χ4n) is 1.55. The summed E-state index contributed by atoms with van der Waals surface area (Å²) in [6.45, 7) is 1.86. The van der Waals surface area contributed by atoms with Crippen LogP contribution in [-0.2, 0) is 9.59 Å². The number of nitrogens with zero attached hydrogens (tertiary/aromatic N) is 1. The van der Waals surface area contributed by atoms with Crippen molar-refractivity contribution in [2.45, 2.75) is 32.6 Å². The van der Waals surface area contributed by atoms with Crippen molar-refractivity contribution in [3.8, 4) is 0 Å². The van der Waals surface area contributed by atoms with E-state index in [0.29, 0.717) is 0 Å². The van der Waals surface area contributed by atoms with Crippen molar-refractivity contribution < 1.29 is 9.59 Å². The predicted molar refractivity (Wildman–Crippen MR) is 39.7 cm³/mol. The SMILES string of the molecule is CC1(C(=O)N=C=O)CCCC1. The van der Waals surface area contributed by atoms with Gasteiger partial charge in [0.25, 0.3) is 5.91 Å². The molecule has 0 N–H and O–H groups in total. The van der Waals surface area contributed by atoms with Gasteiger partial charge in [0.05, 0.1) is 0 Å². The van der Waals surface area contributed by atoms with Crippen LogP contribution >= 0.6 is 0 Å². The molecule has 0 heterocycles. The van der Waals surface area contributed by atoms with Crippen LogP contribution in [0.4, 0.5) is 0 Å². The third kappa shape index (κ3) is 1.55. The van der Waals surface area contributed by atoms with E-state index in [9.17, 15) is 9.59 Å². The molecule has 0 aromatic heterocycles. The molecular formula is C8H11NO2. The van der Waals surface area contributed by atoms with Gasteiger partial charge >= 0.3 is 0 Å². The lowest BCUT2D eigenvalue weighted by Crippen LogP contribution is -2.21. The highest BCUT2D eigenvalue weighted by molar-refractivity contribution is 5.86. The quantitative estimate of drug-likeness (QED) is 0.422. The molecule has 0 atom stereocenters. The van der Waals surface area contributed by atoms with Crippen molar-refractivity contribution in [1.82, 2.24) is 0 Å². The number of carbonyl (C=O) groups is 1. The summed E-state index contributed by atoms with van der Waals surface area (Å²) < 4.78 is 0. The lowest BCUT2D eigenvalue weighted by atomic mass is 9.88. The maximum absolute atomic E-state index is 11.1. The summed E-state index contributed by atoms with van der Waals surface area (Å²) in [5, 5.41) is 0. The monoisotopic (exact) mass is 153 g/mol. The largest absolute Gasteiger partial charge is 0.271 e. The molecule has 1 aliphatic carbocycles. The average molecular weight is 153 g/mol. The summed E-state index contributed by atoms with van der Waals surface area (Å²) in [6, 6.07) is 0. The number of carbonyl (C=O) groups excluding carboxylic acids is 2. The third-order valence-corrected chi connectivity index (χ3v) is 2.37. The van der Waals surface area contributed by atoms with Crippen LogP contribution in [0.3, 0.4) is 0 Å². The summed E-state index contributed by atoms with van der Waals surface area (Å²) in [7, 11) is 0. The highest BCUT2D eigenvalue weighted by atomic mass is 16.2. The highest BCUT2D eigenvalue weighted by Gasteiger charge is 2.35. The summed E-state index contributed by atoms with van der Waals surface area (Å²) in [5.41, 5.74) is -0.364. The molecule has 1 rings (SSSR count). The number of amides is 1. The van der Waals surface area contributed by atoms with Gasteiger partial charge in [0.2, 0.25) is 6.08 Å². The van der Waals surface area contributed by atoms with E-state index in [2.05, 4.69) is 4.99 Å². The van der Waals surface area contributed by atoms with E-state index in [1.54, 1.807) is 0 Å². The molecule has 60 valence electrons. The first kappa shape index (κ1) is 8.15. The van der Waals surface area contributed by atoms with Gasteiger partial charge in [-0.05, 0) is 12.8 Å². The van der Waals surface area contributed by atoms with E-state index < -0.39 is 0 Å². The minimum atomic E-state index is -0.364. The third-order valence-electron chi connectivity index (χ3n) is 2.37. The van der Waals surface area contributed by atoms with Crippen molar-refractivity contribution in [3.63, 3.8) is 0 Å². The zero-order valence-electron chi connectivity index (χ0n) is 6.59. The Morgan fingerprint density at radius 3 is 2.45 bits per heavy atom. The maximum atomic E-state index is 11.1. The van der Waals surface area contributed by atoms with E-state index in [1.165, 1.54) is 6.08 Å². The molecule has 0 unspecified atom stereocenters. The van der Waals surface area contributed by atoms with E-state index in [0.717, 1.165) is 25.7 Å². The topological polar surface area (TPSA) is 46.5 Å². The molecular weight excluding hydrogens is 142 g/mol. The van der Waals surface area contributed by atoms with Gasteiger partial charge < -0.3 is 0 Å². The molecule has 1 fully saturated rings. The van der Waals surface area contributed by atoms with E-state index >= 15 is 0 Å². The molecule has 1 saturated carbocycles. The fourth-order valence-corrected chi connectivity index (χ4v) is 1.55. The van der Waals surface area contributed by atoms with Crippen LogP contribution in [0, 0.1) is 5.41 Å². The Balaban J connectivity index is 2.71. The number of aliphatic imine (C=N–C) groups is 1. The number of rotatable bonds is 1. The second kappa shape index (κ2) is 2.97. The molecule has 11 heavy (non-hydrogen) atoms. The molecule has 3 heteroatoms. The van der Waals surface area contributed by atoms with E-state index in [4.69, 9.17) is 0 Å². The van der Waals surface area contributed by atoms with Crippen LogP contribution in [0.25, 0.3) is 0 Å². The Hall–Kier alpha value is -0.950. The standard InChI is InChI=1S/C8H11NO2/c1-8(4-2-3-5-8)7(11)9-6-10/h2-5H2,1H3. The zero-order valence-corrected chi connectivity index (χ0v) is 6.59. The second-order valence-corrected chi connectivity index (χ2v) is 3.28. The Morgan fingerprint density at radius 2 is 2.00 bits per heavy atom. The van der Waals surface area contributed by atoms with E-state index in [-0.39, 0.29) is 11.3 Å². The Labute approximate surface area is 65.5 Å². The van der Waals surface area contributed by atoms with Crippen molar-refractivity contribution in [2.75, 3.05) is 0 Å². The van der Waals surface area contributed by atoms with Gasteiger partial charge in [0.15, 0.2) is 0 Å². The van der Waals surface area contributed by atoms with Gasteiger partial charge in [-0.15, -0.1) is 4.99 Å². The van der Waals surface area contributed by atoms with Crippen LogP contribution < -0.4 is 0 Å². The molecule has 0 aliphatic heterocycles. The van der Waals surface area contributed by atoms with Crippen LogP contribution in [0.2, 0.25) is 0 Å². The van der Waals surface area contributed by atoms with Crippen LogP contribution in [0.5, 0.6) is 0 Å². The smallest absolute Gasteiger partial charge is 0.262 e. The van der Waals surface area contributed by atoms with Crippen molar-refractivity contribution in [2.24, 2.45) is 10.4 Å². The molecule has 3 nitrogen and oxygen atoms in total. The van der Waals surface area contributed by atoms with Gasteiger partial charge in [0.1, 0.15) is 0 Å². The lowest BCUT2D eigenvalue weighted by molar-refractivity contribution is -0.126. The van der Waals surface area contributed by atoms with Gasteiger partial charge in [-0.25, -0.2) is 4.79 Å². The first-order valence-electron chi connectivity index (χ1n) is 3.81. The highest BCUT2D eigenvalue weighted by Crippen LogP contribution is 2.38. The molecule has 1 amide bonds. The predicted octanol–water partition coefficient (Wildman–Crippen LogP) is 1.43. The summed E-state index contributed by atoms with van der Waals surface area (Å²) in [5.74, 6) is -0.301. The van der Waals surface area contributed by atoms with Crippen molar-refractivity contribution in [1.29, 1.82) is 0 Å². The van der Waals surface area contributed by atoms with Gasteiger partial charge in [-0.1, -0.05) is 19.8 Å². The Morgan fingerprint density at radius 1 is 1.45 bits per heavy atom. The summed E-state index contributed by atoms with van der Waals surface area (Å²) in [6.07, 6.45) is 5.14. The zero-order chi connectivity index (χ0) is 8.32.